The van der Waals surface area contributed by atoms with E-state index in [1.54, 1.807) is 6.08 Å². The van der Waals surface area contributed by atoms with Crippen molar-refractivity contribution < 1.29 is 39.8 Å². The zero-order chi connectivity index (χ0) is 38.1. The summed E-state index contributed by atoms with van der Waals surface area (Å²) in [4.78, 5) is 12.8. The summed E-state index contributed by atoms with van der Waals surface area (Å²) in [6.45, 7) is 3.71. The first-order valence-electron chi connectivity index (χ1n) is 21.2. The molecule has 9 heteroatoms. The third-order valence-corrected chi connectivity index (χ3v) is 9.95. The molecule has 7 unspecified atom stereocenters. The van der Waals surface area contributed by atoms with Crippen LogP contribution in [0, 0.1) is 0 Å². The Kier molecular flexibility index (Phi) is 31.6. The smallest absolute Gasteiger partial charge is 0.220 e. The number of hydrogen-bond acceptors (Lipinski definition) is 8. The number of nitrogens with one attached hydrogen (secondary N) is 1. The minimum atomic E-state index is -1.57. The lowest BCUT2D eigenvalue weighted by atomic mass is 9.99. The Morgan fingerprint density at radius 2 is 1.10 bits per heavy atom. The monoisotopic (exact) mass is 738 g/mol. The maximum Gasteiger partial charge on any atom is 0.220 e. The van der Waals surface area contributed by atoms with Gasteiger partial charge in [0.2, 0.25) is 5.91 Å². The average Bonchev–Trinajstić information content (AvgIpc) is 3.14. The maximum atomic E-state index is 12.8. The van der Waals surface area contributed by atoms with Gasteiger partial charge in [-0.05, 0) is 44.9 Å². The molecule has 0 aliphatic carbocycles. The van der Waals surface area contributed by atoms with Crippen LogP contribution in [0.5, 0.6) is 0 Å². The normalized spacial score (nSPS) is 22.2. The van der Waals surface area contributed by atoms with E-state index in [0.717, 1.165) is 44.9 Å². The van der Waals surface area contributed by atoms with E-state index in [0.29, 0.717) is 6.42 Å². The van der Waals surface area contributed by atoms with Gasteiger partial charge in [-0.2, -0.15) is 0 Å². The number of unbranched alkanes of at least 4 members (excludes halogenated alkanes) is 20. The Morgan fingerprint density at radius 3 is 1.62 bits per heavy atom. The summed E-state index contributed by atoms with van der Waals surface area (Å²) in [6, 6.07) is -0.822. The van der Waals surface area contributed by atoms with Crippen molar-refractivity contribution in [1.29, 1.82) is 0 Å². The summed E-state index contributed by atoms with van der Waals surface area (Å²) < 4.78 is 11.1. The van der Waals surface area contributed by atoms with Gasteiger partial charge in [-0.3, -0.25) is 4.79 Å². The Labute approximate surface area is 317 Å². The van der Waals surface area contributed by atoms with E-state index in [-0.39, 0.29) is 12.5 Å². The van der Waals surface area contributed by atoms with Crippen molar-refractivity contribution in [3.63, 3.8) is 0 Å². The van der Waals surface area contributed by atoms with Gasteiger partial charge in [-0.25, -0.2) is 0 Å². The summed E-state index contributed by atoms with van der Waals surface area (Å²) in [5.74, 6) is -0.196. The van der Waals surface area contributed by atoms with Crippen LogP contribution in [0.3, 0.4) is 0 Å². The van der Waals surface area contributed by atoms with Gasteiger partial charge in [0.25, 0.3) is 0 Å². The van der Waals surface area contributed by atoms with Gasteiger partial charge in [-0.15, -0.1) is 0 Å². The fraction of sp³-hybridized carbons (Fsp3) is 0.837. The molecule has 0 bridgehead atoms. The highest BCUT2D eigenvalue weighted by atomic mass is 16.7. The molecule has 0 aromatic carbocycles. The lowest BCUT2D eigenvalue weighted by Crippen LogP contribution is -2.60. The van der Waals surface area contributed by atoms with Gasteiger partial charge < -0.3 is 40.3 Å². The highest BCUT2D eigenvalue weighted by Crippen LogP contribution is 2.22. The SMILES string of the molecule is CCCCCCCCCCCC/C=C/CC/C=C/CC/C=C/C(O)C(COC1OC(CO)C(O)C(O)C1O)NC(=O)CCCCCCCCCCC. The van der Waals surface area contributed by atoms with Crippen molar-refractivity contribution in [3.05, 3.63) is 36.5 Å². The second-order valence-corrected chi connectivity index (χ2v) is 14.8. The molecule has 1 fully saturated rings. The molecule has 52 heavy (non-hydrogen) atoms. The first kappa shape index (κ1) is 48.4. The van der Waals surface area contributed by atoms with Crippen LogP contribution in [0.25, 0.3) is 0 Å². The number of carbonyl (C=O) groups excluding carboxylic acids is 1. The number of hydrogen-bond donors (Lipinski definition) is 6. The van der Waals surface area contributed by atoms with E-state index in [1.165, 1.54) is 109 Å². The minimum Gasteiger partial charge on any atom is -0.394 e. The average molecular weight is 738 g/mol. The standard InChI is InChI=1S/C43H79NO8/c1-3-5-7-9-11-13-14-15-16-17-18-19-20-21-22-23-25-26-28-30-32-37(46)36(35-51-43-42(50)41(49)40(48)38(34-45)52-43)44-39(47)33-31-29-27-24-12-10-8-6-4-2/h19-20,23,25,30,32,36-38,40-43,45-46,48-50H,3-18,21-22,24,26-29,31,33-35H2,1-2H3,(H,44,47)/b20-19+,25-23+,32-30+. The number of aliphatic hydroxyl groups is 5. The van der Waals surface area contributed by atoms with Crippen LogP contribution in [0.1, 0.15) is 174 Å². The van der Waals surface area contributed by atoms with Gasteiger partial charge in [0, 0.05) is 6.42 Å². The van der Waals surface area contributed by atoms with Gasteiger partial charge in [-0.1, -0.05) is 159 Å². The largest absolute Gasteiger partial charge is 0.394 e. The number of amides is 1. The summed E-state index contributed by atoms with van der Waals surface area (Å²) in [7, 11) is 0. The third kappa shape index (κ3) is 24.7. The Morgan fingerprint density at radius 1 is 0.635 bits per heavy atom. The van der Waals surface area contributed by atoms with Crippen LogP contribution in [-0.4, -0.2) is 87.5 Å². The fourth-order valence-electron chi connectivity index (χ4n) is 6.48. The highest BCUT2D eigenvalue weighted by Gasteiger charge is 2.44. The van der Waals surface area contributed by atoms with Crippen molar-refractivity contribution >= 4 is 5.91 Å². The molecule has 1 saturated heterocycles. The molecule has 1 rings (SSSR count). The zero-order valence-electron chi connectivity index (χ0n) is 33.1. The maximum absolute atomic E-state index is 12.8. The fourth-order valence-corrected chi connectivity index (χ4v) is 6.48. The number of ether oxygens (including phenoxy) is 2. The minimum absolute atomic E-state index is 0.196. The van der Waals surface area contributed by atoms with Gasteiger partial charge >= 0.3 is 0 Å². The summed E-state index contributed by atoms with van der Waals surface area (Å²) in [5.41, 5.74) is 0. The molecule has 1 aliphatic rings. The molecule has 0 radical (unpaired) electrons. The van der Waals surface area contributed by atoms with Crippen LogP contribution in [-0.2, 0) is 14.3 Å². The number of allylic oxidation sites excluding steroid dienone is 5. The Bertz CT molecular complexity index is 910. The molecule has 1 heterocycles. The third-order valence-electron chi connectivity index (χ3n) is 9.95. The molecular formula is C43H79NO8. The predicted molar refractivity (Wildman–Crippen MR) is 212 cm³/mol. The molecule has 6 N–H and O–H groups in total. The Hall–Kier alpha value is -1.59. The number of rotatable bonds is 34. The van der Waals surface area contributed by atoms with Crippen LogP contribution in [0.4, 0.5) is 0 Å². The quantitative estimate of drug-likeness (QED) is 0.0287. The molecule has 0 spiro atoms. The lowest BCUT2D eigenvalue weighted by molar-refractivity contribution is -0.302. The molecular weight excluding hydrogens is 658 g/mol. The van der Waals surface area contributed by atoms with Crippen molar-refractivity contribution in [2.45, 2.75) is 217 Å². The van der Waals surface area contributed by atoms with Crippen LogP contribution in [0.15, 0.2) is 36.5 Å². The van der Waals surface area contributed by atoms with E-state index >= 15 is 0 Å². The molecule has 0 saturated carbocycles. The molecule has 0 aromatic rings. The van der Waals surface area contributed by atoms with E-state index in [2.05, 4.69) is 43.5 Å². The molecule has 7 atom stereocenters. The molecule has 1 aliphatic heterocycles. The second kappa shape index (κ2) is 33.9. The molecule has 304 valence electrons. The lowest BCUT2D eigenvalue weighted by Gasteiger charge is -2.40. The second-order valence-electron chi connectivity index (χ2n) is 14.8. The number of carbonyl (C=O) groups is 1. The topological polar surface area (TPSA) is 149 Å². The molecule has 0 aromatic heterocycles. The van der Waals surface area contributed by atoms with Crippen LogP contribution < -0.4 is 5.32 Å². The predicted octanol–water partition coefficient (Wildman–Crippen LogP) is 8.11. The van der Waals surface area contributed by atoms with Gasteiger partial charge in [0.1, 0.15) is 24.4 Å². The van der Waals surface area contributed by atoms with Gasteiger partial charge in [0.05, 0.1) is 25.4 Å². The molecule has 1 amide bonds. The van der Waals surface area contributed by atoms with E-state index in [1.807, 2.05) is 6.08 Å². The van der Waals surface area contributed by atoms with E-state index in [9.17, 15) is 30.3 Å². The van der Waals surface area contributed by atoms with Crippen molar-refractivity contribution in [2.24, 2.45) is 0 Å². The van der Waals surface area contributed by atoms with E-state index in [4.69, 9.17) is 9.47 Å². The summed E-state index contributed by atoms with van der Waals surface area (Å²) in [6.07, 6.45) is 33.4. The van der Waals surface area contributed by atoms with Crippen LogP contribution in [0.2, 0.25) is 0 Å². The molecule has 9 nitrogen and oxygen atoms in total. The first-order chi connectivity index (χ1) is 25.3. The first-order valence-corrected chi connectivity index (χ1v) is 21.2. The van der Waals surface area contributed by atoms with Crippen LogP contribution >= 0.6 is 0 Å². The van der Waals surface area contributed by atoms with Crippen molar-refractivity contribution in [3.8, 4) is 0 Å². The van der Waals surface area contributed by atoms with E-state index < -0.39 is 49.5 Å². The Balaban J connectivity index is 2.41. The highest BCUT2D eigenvalue weighted by molar-refractivity contribution is 5.76. The summed E-state index contributed by atoms with van der Waals surface area (Å²) >= 11 is 0. The van der Waals surface area contributed by atoms with Crippen molar-refractivity contribution in [2.75, 3.05) is 13.2 Å². The number of aliphatic hydroxyl groups excluding tert-OH is 5. The van der Waals surface area contributed by atoms with Gasteiger partial charge in [0.15, 0.2) is 6.29 Å². The summed E-state index contributed by atoms with van der Waals surface area (Å²) in [5, 5.41) is 53.9. The zero-order valence-corrected chi connectivity index (χ0v) is 33.1. The van der Waals surface area contributed by atoms with Crippen molar-refractivity contribution in [1.82, 2.24) is 5.32 Å².